The van der Waals surface area contributed by atoms with Crippen molar-refractivity contribution < 1.29 is 9.18 Å². The lowest BCUT2D eigenvalue weighted by Crippen LogP contribution is -2.29. The predicted octanol–water partition coefficient (Wildman–Crippen LogP) is 2.25. The Kier molecular flexibility index (Phi) is 7.86. The fourth-order valence-corrected chi connectivity index (χ4v) is 3.64. The average Bonchev–Trinajstić information content (AvgIpc) is 3.00. The van der Waals surface area contributed by atoms with Gasteiger partial charge in [-0.1, -0.05) is 30.0 Å². The van der Waals surface area contributed by atoms with Crippen LogP contribution in [-0.2, 0) is 18.4 Å². The second-order valence-corrected chi connectivity index (χ2v) is 7.04. The van der Waals surface area contributed by atoms with Gasteiger partial charge in [-0.2, -0.15) is 0 Å². The number of rotatable bonds is 6. The summed E-state index contributed by atoms with van der Waals surface area (Å²) in [5.41, 5.74) is 0.478. The second kappa shape index (κ2) is 9.89. The van der Waals surface area contributed by atoms with Crippen molar-refractivity contribution in [1.29, 1.82) is 0 Å². The van der Waals surface area contributed by atoms with Crippen molar-refractivity contribution in [1.82, 2.24) is 25.4 Å². The lowest BCUT2D eigenvalue weighted by atomic mass is 9.99. The molecule has 3 rings (SSSR count). The maximum absolute atomic E-state index is 13.5. The molecule has 1 aliphatic heterocycles. The minimum atomic E-state index is -0.311. The summed E-state index contributed by atoms with van der Waals surface area (Å²) >= 11 is 1.34. The number of aromatic nitrogens is 3. The van der Waals surface area contributed by atoms with E-state index < -0.39 is 0 Å². The molecule has 26 heavy (non-hydrogen) atoms. The number of nitrogens with one attached hydrogen (secondary N) is 2. The van der Waals surface area contributed by atoms with Crippen LogP contribution in [0.4, 0.5) is 4.39 Å². The molecule has 1 aromatic heterocycles. The Labute approximate surface area is 162 Å². The van der Waals surface area contributed by atoms with E-state index in [1.807, 2.05) is 11.6 Å². The highest BCUT2D eigenvalue weighted by Gasteiger charge is 2.22. The zero-order chi connectivity index (χ0) is 17.6. The molecule has 1 aliphatic rings. The first-order valence-corrected chi connectivity index (χ1v) is 9.36. The van der Waals surface area contributed by atoms with Gasteiger partial charge in [-0.15, -0.1) is 22.6 Å². The zero-order valence-electron chi connectivity index (χ0n) is 14.6. The molecular weight excluding hydrogens is 377 g/mol. The van der Waals surface area contributed by atoms with Gasteiger partial charge in [-0.3, -0.25) is 4.79 Å². The third-order valence-electron chi connectivity index (χ3n) is 4.30. The van der Waals surface area contributed by atoms with Crippen LogP contribution in [0.3, 0.4) is 0 Å². The standard InChI is InChI=1S/C17H22FN5OS.ClH/c1-23-16(13-6-4-8-19-9-13)21-22-17(23)25-11-15(24)20-10-12-5-2-3-7-14(12)18;/h2-3,5,7,13,19H,4,6,8-11H2,1H3,(H,20,24);1H. The maximum Gasteiger partial charge on any atom is 0.230 e. The number of carbonyl (C=O) groups is 1. The lowest BCUT2D eigenvalue weighted by Gasteiger charge is -2.21. The van der Waals surface area contributed by atoms with Crippen LogP contribution in [0.1, 0.15) is 30.1 Å². The summed E-state index contributed by atoms with van der Waals surface area (Å²) in [4.78, 5) is 12.0. The normalized spacial score (nSPS) is 16.8. The molecular formula is C17H23ClFN5OS. The first kappa shape index (κ1) is 20.7. The predicted molar refractivity (Wildman–Crippen MR) is 102 cm³/mol. The third-order valence-corrected chi connectivity index (χ3v) is 5.32. The molecule has 1 unspecified atom stereocenters. The van der Waals surface area contributed by atoms with E-state index in [1.165, 1.54) is 17.8 Å². The van der Waals surface area contributed by atoms with E-state index in [1.54, 1.807) is 18.2 Å². The number of hydrogen-bond acceptors (Lipinski definition) is 5. The maximum atomic E-state index is 13.5. The van der Waals surface area contributed by atoms with Crippen LogP contribution in [0, 0.1) is 5.82 Å². The summed E-state index contributed by atoms with van der Waals surface area (Å²) in [6.45, 7) is 2.15. The van der Waals surface area contributed by atoms with Crippen LogP contribution in [0.15, 0.2) is 29.4 Å². The first-order chi connectivity index (χ1) is 12.1. The van der Waals surface area contributed by atoms with Crippen molar-refractivity contribution in [2.45, 2.75) is 30.5 Å². The molecule has 0 radical (unpaired) electrons. The molecule has 0 bridgehead atoms. The largest absolute Gasteiger partial charge is 0.351 e. The van der Waals surface area contributed by atoms with Gasteiger partial charge in [0.05, 0.1) is 5.75 Å². The minimum Gasteiger partial charge on any atom is -0.351 e. The van der Waals surface area contributed by atoms with E-state index in [-0.39, 0.29) is 36.4 Å². The van der Waals surface area contributed by atoms with Gasteiger partial charge in [0, 0.05) is 31.6 Å². The zero-order valence-corrected chi connectivity index (χ0v) is 16.2. The number of halogens is 2. The molecule has 0 aliphatic carbocycles. The van der Waals surface area contributed by atoms with E-state index >= 15 is 0 Å². The molecule has 2 N–H and O–H groups in total. The molecule has 9 heteroatoms. The number of nitrogens with zero attached hydrogens (tertiary/aromatic N) is 3. The molecule has 2 heterocycles. The Morgan fingerprint density at radius 1 is 1.42 bits per heavy atom. The smallest absolute Gasteiger partial charge is 0.230 e. The molecule has 0 spiro atoms. The van der Waals surface area contributed by atoms with Crippen LogP contribution < -0.4 is 10.6 Å². The van der Waals surface area contributed by atoms with Crippen LogP contribution in [0.25, 0.3) is 0 Å². The van der Waals surface area contributed by atoms with Gasteiger partial charge in [-0.05, 0) is 25.5 Å². The summed E-state index contributed by atoms with van der Waals surface area (Å²) < 4.78 is 15.5. The fraction of sp³-hybridized carbons (Fsp3) is 0.471. The highest BCUT2D eigenvalue weighted by molar-refractivity contribution is 7.99. The second-order valence-electron chi connectivity index (χ2n) is 6.10. The Morgan fingerprint density at radius 3 is 2.96 bits per heavy atom. The fourth-order valence-electron chi connectivity index (χ4n) is 2.90. The van der Waals surface area contributed by atoms with Gasteiger partial charge in [0.15, 0.2) is 5.16 Å². The molecule has 2 aromatic rings. The number of hydrogen-bond donors (Lipinski definition) is 2. The van der Waals surface area contributed by atoms with Crippen LogP contribution in [-0.4, -0.2) is 39.5 Å². The van der Waals surface area contributed by atoms with Crippen molar-refractivity contribution in [2.75, 3.05) is 18.8 Å². The summed E-state index contributed by atoms with van der Waals surface area (Å²) in [5, 5.41) is 15.3. The topological polar surface area (TPSA) is 71.8 Å². The highest BCUT2D eigenvalue weighted by atomic mass is 35.5. The number of benzene rings is 1. The highest BCUT2D eigenvalue weighted by Crippen LogP contribution is 2.24. The molecule has 142 valence electrons. The van der Waals surface area contributed by atoms with Crippen LogP contribution >= 0.6 is 24.2 Å². The molecule has 1 saturated heterocycles. The molecule has 6 nitrogen and oxygen atoms in total. The van der Waals surface area contributed by atoms with Gasteiger partial charge in [0.2, 0.25) is 5.91 Å². The van der Waals surface area contributed by atoms with Crippen molar-refractivity contribution in [3.05, 3.63) is 41.5 Å². The SMILES string of the molecule is Cl.Cn1c(SCC(=O)NCc2ccccc2F)nnc1C1CCCNC1. The summed E-state index contributed by atoms with van der Waals surface area (Å²) in [5.74, 6) is 1.09. The van der Waals surface area contributed by atoms with Gasteiger partial charge in [-0.25, -0.2) is 4.39 Å². The lowest BCUT2D eigenvalue weighted by molar-refractivity contribution is -0.118. The Morgan fingerprint density at radius 2 is 2.23 bits per heavy atom. The number of amides is 1. The quantitative estimate of drug-likeness (QED) is 0.729. The van der Waals surface area contributed by atoms with Gasteiger partial charge in [0.25, 0.3) is 0 Å². The summed E-state index contributed by atoms with van der Waals surface area (Å²) in [6, 6.07) is 6.43. The number of thioether (sulfide) groups is 1. The number of carbonyl (C=O) groups excluding carboxylic acids is 1. The Bertz CT molecular complexity index is 736. The van der Waals surface area contributed by atoms with Gasteiger partial charge in [0.1, 0.15) is 11.6 Å². The van der Waals surface area contributed by atoms with E-state index in [9.17, 15) is 9.18 Å². The van der Waals surface area contributed by atoms with Gasteiger partial charge >= 0.3 is 0 Å². The molecule has 1 fully saturated rings. The first-order valence-electron chi connectivity index (χ1n) is 8.38. The van der Waals surface area contributed by atoms with Crippen molar-refractivity contribution in [2.24, 2.45) is 7.05 Å². The van der Waals surface area contributed by atoms with E-state index in [4.69, 9.17) is 0 Å². The molecule has 0 saturated carbocycles. The third kappa shape index (κ3) is 5.18. The van der Waals surface area contributed by atoms with Crippen molar-refractivity contribution >= 4 is 30.1 Å². The molecule has 1 amide bonds. The summed E-state index contributed by atoms with van der Waals surface area (Å²) in [6.07, 6.45) is 2.24. The molecule has 1 aromatic carbocycles. The van der Waals surface area contributed by atoms with Crippen molar-refractivity contribution in [3.8, 4) is 0 Å². The Hall–Kier alpha value is -1.64. The monoisotopic (exact) mass is 399 g/mol. The average molecular weight is 400 g/mol. The van der Waals surface area contributed by atoms with E-state index in [0.717, 1.165) is 36.9 Å². The Balaban J connectivity index is 0.00000243. The van der Waals surface area contributed by atoms with Gasteiger partial charge < -0.3 is 15.2 Å². The van der Waals surface area contributed by atoms with Crippen LogP contribution in [0.2, 0.25) is 0 Å². The van der Waals surface area contributed by atoms with Crippen LogP contribution in [0.5, 0.6) is 0 Å². The van der Waals surface area contributed by atoms with E-state index in [2.05, 4.69) is 20.8 Å². The van der Waals surface area contributed by atoms with E-state index in [0.29, 0.717) is 11.5 Å². The molecule has 1 atom stereocenters. The summed E-state index contributed by atoms with van der Waals surface area (Å²) in [7, 11) is 1.93. The minimum absolute atomic E-state index is 0. The van der Waals surface area contributed by atoms with Crippen molar-refractivity contribution in [3.63, 3.8) is 0 Å². The number of piperidine rings is 1.